The fourth-order valence-electron chi connectivity index (χ4n) is 13.0. The maximum atomic E-state index is 13.9. The summed E-state index contributed by atoms with van der Waals surface area (Å²) < 4.78 is 136. The molecular weight excluding hydrogens is 1500 g/mol. The number of benzene rings is 4. The van der Waals surface area contributed by atoms with Crippen LogP contribution < -0.4 is 29.6 Å². The summed E-state index contributed by atoms with van der Waals surface area (Å²) in [6.07, 6.45) is 1.20. The summed E-state index contributed by atoms with van der Waals surface area (Å²) in [6, 6.07) is 23.2. The molecule has 2 heterocycles. The maximum absolute atomic E-state index is 13.9. The van der Waals surface area contributed by atoms with Crippen LogP contribution in [0.5, 0.6) is 23.0 Å². The topological polar surface area (TPSA) is 268 Å². The molecule has 0 aliphatic carbocycles. The van der Waals surface area contributed by atoms with E-state index in [-0.39, 0.29) is 38.6 Å². The van der Waals surface area contributed by atoms with Crippen molar-refractivity contribution in [2.45, 2.75) is 204 Å². The first-order valence-corrected chi connectivity index (χ1v) is 48.4. The number of hydrogen-bond acceptors (Lipinski definition) is 24. The van der Waals surface area contributed by atoms with Gasteiger partial charge in [-0.25, -0.2) is 9.59 Å². The zero-order chi connectivity index (χ0) is 80.3. The number of amides is 2. The number of carbonyl (C=O) groups excluding carboxylic acids is 2. The van der Waals surface area contributed by atoms with Gasteiger partial charge in [-0.15, -0.1) is 0 Å². The third-order valence-corrected chi connectivity index (χ3v) is 30.9. The Kier molecular flexibility index (Phi) is 44.1. The van der Waals surface area contributed by atoms with E-state index >= 15 is 0 Å². The summed E-state index contributed by atoms with van der Waals surface area (Å²) in [5.74, 6) is 2.83. The lowest BCUT2D eigenvalue weighted by molar-refractivity contribution is -0.00310. The van der Waals surface area contributed by atoms with Crippen molar-refractivity contribution in [3.05, 3.63) is 116 Å². The Morgan fingerprint density at radius 1 is 0.387 bits per heavy atom. The summed E-state index contributed by atoms with van der Waals surface area (Å²) in [5, 5.41) is 5.88. The summed E-state index contributed by atoms with van der Waals surface area (Å²) >= 11 is 0. The van der Waals surface area contributed by atoms with Crippen LogP contribution in [0.4, 0.5) is 9.59 Å². The van der Waals surface area contributed by atoms with Crippen LogP contribution in [0.15, 0.2) is 60.7 Å². The molecule has 2 N–H and O–H groups in total. The van der Waals surface area contributed by atoms with Crippen LogP contribution in [0, 0.1) is 27.7 Å². The maximum Gasteiger partial charge on any atom is 0.501 e. The molecule has 6 rings (SSSR count). The molecule has 4 aromatic rings. The molecular formula is C81H134N2O24Si4. The van der Waals surface area contributed by atoms with E-state index in [0.29, 0.717) is 213 Å². The number of carbonyl (C=O) groups is 2. The highest BCUT2D eigenvalue weighted by Crippen LogP contribution is 2.35. The lowest BCUT2D eigenvalue weighted by Crippen LogP contribution is -2.46. The molecule has 26 nitrogen and oxygen atoms in total. The second kappa shape index (κ2) is 51.7. The predicted molar refractivity (Wildman–Crippen MR) is 433 cm³/mol. The fourth-order valence-corrected chi connectivity index (χ4v) is 23.3. The van der Waals surface area contributed by atoms with E-state index in [1.165, 1.54) is 0 Å². The van der Waals surface area contributed by atoms with Crippen molar-refractivity contribution < 1.29 is 110 Å². The summed E-state index contributed by atoms with van der Waals surface area (Å²) in [4.78, 5) is 27.5. The molecule has 0 saturated carbocycles. The molecule has 4 atom stereocenters. The average molecular weight is 1630 g/mol. The van der Waals surface area contributed by atoms with E-state index < -0.39 is 59.6 Å². The standard InChI is InChI=1S/C81H134N2O24Si4/c1-17-94-108(95-18-2,96-19-3)42-30-38-82-80(84)106-74(54-86-40-32-44-110(100-23-7,101-24-8)102-25-9)60-90-76-35-29-34-69(63(76)14)47-67-48-71(65(16)78(52-67)92-59-73-57-89-73)50-68-49-70(46-66-37-36-62(13)77(51-66)91-58-72-56-88-72)64(15)79(53-68)93-61-75(55-87-41-33-45-111(103-26-10,104-27-11)105-28-12)107-81(85)83-39-31-43-109(97-20-4,98-21-5)99-22-6/h29,34-37,48-49,51-53,72-75H,17-28,30-33,38-47,50,54-61H2,1-16H3,(H,82,84)(H,83,85). The molecule has 2 fully saturated rings. The molecule has 628 valence electrons. The first-order valence-electron chi connectivity index (χ1n) is 40.7. The third kappa shape index (κ3) is 33.5. The third-order valence-electron chi connectivity index (χ3n) is 18.3. The largest absolute Gasteiger partial charge is 0.501 e. The van der Waals surface area contributed by atoms with Crippen molar-refractivity contribution in [2.75, 3.05) is 158 Å². The van der Waals surface area contributed by atoms with Gasteiger partial charge in [-0.2, -0.15) is 0 Å². The van der Waals surface area contributed by atoms with Gasteiger partial charge in [0.1, 0.15) is 61.6 Å². The molecule has 2 aliphatic heterocycles. The van der Waals surface area contributed by atoms with Gasteiger partial charge in [-0.1, -0.05) is 36.4 Å². The molecule has 0 aromatic heterocycles. The number of ether oxygens (including phenoxy) is 10. The van der Waals surface area contributed by atoms with Crippen molar-refractivity contribution >= 4 is 47.4 Å². The molecule has 111 heavy (non-hydrogen) atoms. The van der Waals surface area contributed by atoms with Gasteiger partial charge >= 0.3 is 47.4 Å². The average Bonchev–Trinajstić information content (AvgIpc) is 1.79. The molecule has 30 heteroatoms. The summed E-state index contributed by atoms with van der Waals surface area (Å²) in [6.45, 7) is 40.6. The normalized spacial score (nSPS) is 15.0. The van der Waals surface area contributed by atoms with Crippen LogP contribution in [0.3, 0.4) is 0 Å². The zero-order valence-corrected chi connectivity index (χ0v) is 73.6. The SMILES string of the molecule is CCO[Si](CCCNC(=O)OC(COCCC[Si](OCC)(OCC)OCC)COc1cccc(Cc2cc(Cc3cc(Cc4ccc(C)c(OCC5CO5)c4)c(C)c(OCC(COCCC[Si](OCC)(OCC)OCC)OC(=O)NCCC[Si](OCC)(OCC)OCC)c3)c(C)c(OCC3CO3)c2)c1C)(OCC)OCC. The Hall–Kier alpha value is -5.15. The van der Waals surface area contributed by atoms with Crippen molar-refractivity contribution in [3.8, 4) is 23.0 Å². The monoisotopic (exact) mass is 1630 g/mol. The van der Waals surface area contributed by atoms with Gasteiger partial charge in [-0.05, 0) is 236 Å². The van der Waals surface area contributed by atoms with Gasteiger partial charge in [-0.3, -0.25) is 0 Å². The highest BCUT2D eigenvalue weighted by molar-refractivity contribution is 6.61. The number of aryl methyl sites for hydroxylation is 1. The Morgan fingerprint density at radius 3 is 1.11 bits per heavy atom. The number of alkyl carbamates (subject to hydrolysis) is 2. The Bertz CT molecular complexity index is 3230. The van der Waals surface area contributed by atoms with Gasteiger partial charge in [0.15, 0.2) is 12.2 Å². The Morgan fingerprint density at radius 2 is 0.721 bits per heavy atom. The van der Waals surface area contributed by atoms with E-state index in [9.17, 15) is 9.59 Å². The second-order valence-electron chi connectivity index (χ2n) is 27.0. The van der Waals surface area contributed by atoms with Crippen LogP contribution in [0.25, 0.3) is 0 Å². The number of epoxide rings is 2. The summed E-state index contributed by atoms with van der Waals surface area (Å²) in [5.41, 5.74) is 10.1. The highest BCUT2D eigenvalue weighted by Gasteiger charge is 2.43. The molecule has 2 amide bonds. The number of nitrogens with one attached hydrogen (secondary N) is 2. The zero-order valence-electron chi connectivity index (χ0n) is 69.6. The van der Waals surface area contributed by atoms with Crippen molar-refractivity contribution in [1.82, 2.24) is 10.6 Å². The van der Waals surface area contributed by atoms with Crippen LogP contribution in [0.2, 0.25) is 24.2 Å². The minimum atomic E-state index is -2.96. The minimum absolute atomic E-state index is 0.0124. The van der Waals surface area contributed by atoms with Crippen molar-refractivity contribution in [3.63, 3.8) is 0 Å². The molecule has 4 unspecified atom stereocenters. The van der Waals surface area contributed by atoms with Crippen LogP contribution in [-0.2, 0) is 101 Å². The van der Waals surface area contributed by atoms with Crippen LogP contribution in [0.1, 0.15) is 164 Å². The predicted octanol–water partition coefficient (Wildman–Crippen LogP) is 14.0. The van der Waals surface area contributed by atoms with Gasteiger partial charge in [0, 0.05) is 130 Å². The van der Waals surface area contributed by atoms with Gasteiger partial charge in [0.25, 0.3) is 0 Å². The lowest BCUT2D eigenvalue weighted by atomic mass is 9.91. The van der Waals surface area contributed by atoms with Crippen molar-refractivity contribution in [1.29, 1.82) is 0 Å². The fraction of sp³-hybridized carbons (Fsp3) is 0.679. The first-order chi connectivity index (χ1) is 53.8. The van der Waals surface area contributed by atoms with Gasteiger partial charge in [0.05, 0.1) is 26.4 Å². The van der Waals surface area contributed by atoms with E-state index in [4.69, 9.17) is 100 Å². The van der Waals surface area contributed by atoms with Crippen LogP contribution >= 0.6 is 0 Å². The van der Waals surface area contributed by atoms with Gasteiger partial charge in [0.2, 0.25) is 0 Å². The van der Waals surface area contributed by atoms with E-state index in [2.05, 4.69) is 73.0 Å². The first kappa shape index (κ1) is 94.7. The highest BCUT2D eigenvalue weighted by atomic mass is 28.4. The molecule has 4 aromatic carbocycles. The van der Waals surface area contributed by atoms with E-state index in [1.807, 2.05) is 109 Å². The quantitative estimate of drug-likeness (QED) is 0.0236. The molecule has 2 saturated heterocycles. The Balaban J connectivity index is 1.29. The molecule has 0 spiro atoms. The molecule has 0 radical (unpaired) electrons. The number of rotatable bonds is 64. The minimum Gasteiger partial charge on any atom is -0.491 e. The van der Waals surface area contributed by atoms with E-state index in [1.54, 1.807) is 0 Å². The lowest BCUT2D eigenvalue weighted by Gasteiger charge is -2.28. The Labute approximate surface area is 666 Å². The van der Waals surface area contributed by atoms with Gasteiger partial charge < -0.3 is 111 Å². The van der Waals surface area contributed by atoms with Crippen LogP contribution in [-0.4, -0.2) is 230 Å². The smallest absolute Gasteiger partial charge is 0.491 e. The van der Waals surface area contributed by atoms with Crippen molar-refractivity contribution in [2.24, 2.45) is 0 Å². The molecule has 0 bridgehead atoms. The molecule has 2 aliphatic rings. The van der Waals surface area contributed by atoms with E-state index in [0.717, 1.165) is 67.1 Å². The second-order valence-corrected chi connectivity index (χ2v) is 37.9. The summed E-state index contributed by atoms with van der Waals surface area (Å²) in [7, 11) is -11.7. The number of hydrogen-bond donors (Lipinski definition) is 2.